The van der Waals surface area contributed by atoms with E-state index in [1.54, 1.807) is 22.9 Å². The molecular formula is C18H12ClFN4S. The summed E-state index contributed by atoms with van der Waals surface area (Å²) in [5.74, 6) is 0.181. The monoisotopic (exact) mass is 370 g/mol. The van der Waals surface area contributed by atoms with E-state index in [9.17, 15) is 4.39 Å². The Hall–Kier alpha value is -2.70. The first-order valence-corrected chi connectivity index (χ1v) is 8.69. The van der Waals surface area contributed by atoms with E-state index in [1.807, 2.05) is 29.6 Å². The highest BCUT2D eigenvalue weighted by atomic mass is 35.5. The fraction of sp³-hybridized carbons (Fsp3) is 0. The zero-order valence-corrected chi connectivity index (χ0v) is 14.4. The second kappa shape index (κ2) is 6.31. The lowest BCUT2D eigenvalue weighted by molar-refractivity contribution is 0.628. The zero-order valence-electron chi connectivity index (χ0n) is 12.9. The molecule has 2 aromatic carbocycles. The topological polar surface area (TPSA) is 56.7 Å². The maximum absolute atomic E-state index is 13.1. The average Bonchev–Trinajstić information content (AvgIpc) is 3.23. The molecular weight excluding hydrogens is 359 g/mol. The van der Waals surface area contributed by atoms with Crippen molar-refractivity contribution in [3.05, 3.63) is 70.8 Å². The van der Waals surface area contributed by atoms with Gasteiger partial charge in [-0.3, -0.25) is 0 Å². The lowest BCUT2D eigenvalue weighted by Crippen LogP contribution is -2.01. The van der Waals surface area contributed by atoms with Gasteiger partial charge in [-0.25, -0.2) is 9.37 Å². The van der Waals surface area contributed by atoms with Crippen molar-refractivity contribution in [3.8, 4) is 27.6 Å². The number of nitrogens with two attached hydrogens (primary N) is 1. The third-order valence-corrected chi connectivity index (χ3v) is 4.76. The molecule has 0 spiro atoms. The highest BCUT2D eigenvalue weighted by Crippen LogP contribution is 2.28. The van der Waals surface area contributed by atoms with Crippen molar-refractivity contribution in [1.82, 2.24) is 14.8 Å². The van der Waals surface area contributed by atoms with Crippen molar-refractivity contribution in [2.24, 2.45) is 0 Å². The van der Waals surface area contributed by atoms with Crippen molar-refractivity contribution in [2.75, 3.05) is 5.73 Å². The first-order valence-electron chi connectivity index (χ1n) is 7.43. The van der Waals surface area contributed by atoms with Gasteiger partial charge in [0.2, 0.25) is 5.13 Å². The van der Waals surface area contributed by atoms with E-state index in [2.05, 4.69) is 10.1 Å². The normalized spacial score (nSPS) is 11.0. The third kappa shape index (κ3) is 3.14. The minimum Gasteiger partial charge on any atom is -0.383 e. The summed E-state index contributed by atoms with van der Waals surface area (Å²) in [6.45, 7) is 0. The molecule has 124 valence electrons. The molecule has 2 N–H and O–H groups in total. The number of benzene rings is 2. The smallest absolute Gasteiger partial charge is 0.212 e. The molecule has 0 radical (unpaired) electrons. The van der Waals surface area contributed by atoms with Crippen LogP contribution >= 0.6 is 22.9 Å². The van der Waals surface area contributed by atoms with E-state index in [0.29, 0.717) is 21.7 Å². The number of halogens is 2. The molecule has 0 aliphatic rings. The van der Waals surface area contributed by atoms with Gasteiger partial charge in [-0.15, -0.1) is 11.3 Å². The van der Waals surface area contributed by atoms with Crippen LogP contribution in [0, 0.1) is 5.82 Å². The SMILES string of the molecule is Nc1cc(-c2ccc(F)cc2)nn1-c1nc(-c2ccc(Cl)cc2)cs1. The Labute approximate surface area is 152 Å². The molecule has 0 atom stereocenters. The number of rotatable bonds is 3. The van der Waals surface area contributed by atoms with Crippen LogP contribution in [0.1, 0.15) is 0 Å². The fourth-order valence-electron chi connectivity index (χ4n) is 2.43. The minimum absolute atomic E-state index is 0.288. The van der Waals surface area contributed by atoms with E-state index in [4.69, 9.17) is 17.3 Å². The summed E-state index contributed by atoms with van der Waals surface area (Å²) in [5, 5.41) is 7.78. The molecule has 7 heteroatoms. The highest BCUT2D eigenvalue weighted by Gasteiger charge is 2.13. The Balaban J connectivity index is 1.69. The van der Waals surface area contributed by atoms with Gasteiger partial charge in [-0.05, 0) is 36.4 Å². The van der Waals surface area contributed by atoms with Crippen molar-refractivity contribution in [3.63, 3.8) is 0 Å². The van der Waals surface area contributed by atoms with E-state index in [0.717, 1.165) is 16.8 Å². The second-order valence-electron chi connectivity index (χ2n) is 5.40. The number of hydrogen-bond donors (Lipinski definition) is 1. The molecule has 0 unspecified atom stereocenters. The van der Waals surface area contributed by atoms with Gasteiger partial charge in [0.25, 0.3) is 0 Å². The van der Waals surface area contributed by atoms with Crippen molar-refractivity contribution in [1.29, 1.82) is 0 Å². The zero-order chi connectivity index (χ0) is 17.4. The highest BCUT2D eigenvalue weighted by molar-refractivity contribution is 7.12. The van der Waals surface area contributed by atoms with Gasteiger partial charge in [0.15, 0.2) is 0 Å². The molecule has 0 saturated carbocycles. The fourth-order valence-corrected chi connectivity index (χ4v) is 3.35. The third-order valence-electron chi connectivity index (χ3n) is 3.69. The van der Waals surface area contributed by atoms with Crippen molar-refractivity contribution < 1.29 is 4.39 Å². The van der Waals surface area contributed by atoms with Crippen LogP contribution in [0.25, 0.3) is 27.6 Å². The Bertz CT molecular complexity index is 1020. The first-order chi connectivity index (χ1) is 12.1. The van der Waals surface area contributed by atoms with E-state index >= 15 is 0 Å². The standard InChI is InChI=1S/C18H12ClFN4S/c19-13-5-1-12(2-6-13)16-10-25-18(22-16)24-17(21)9-15(23-24)11-3-7-14(20)8-4-11/h1-10H,21H2. The molecule has 4 nitrogen and oxygen atoms in total. The quantitative estimate of drug-likeness (QED) is 0.549. The van der Waals surface area contributed by atoms with Crippen molar-refractivity contribution in [2.45, 2.75) is 0 Å². The first kappa shape index (κ1) is 15.8. The Morgan fingerprint density at radius 3 is 2.32 bits per heavy atom. The van der Waals surface area contributed by atoms with Crippen LogP contribution in [0.5, 0.6) is 0 Å². The molecule has 0 aliphatic heterocycles. The van der Waals surface area contributed by atoms with Crippen LogP contribution in [-0.4, -0.2) is 14.8 Å². The molecule has 4 aromatic rings. The minimum atomic E-state index is -0.288. The Kier molecular flexibility index (Phi) is 3.99. The summed E-state index contributed by atoms with van der Waals surface area (Å²) >= 11 is 7.36. The number of aromatic nitrogens is 3. The number of nitrogen functional groups attached to an aromatic ring is 1. The van der Waals surface area contributed by atoms with Crippen LogP contribution in [0.2, 0.25) is 5.02 Å². The van der Waals surface area contributed by atoms with Gasteiger partial charge in [-0.2, -0.15) is 9.78 Å². The summed E-state index contributed by atoms with van der Waals surface area (Å²) in [6, 6.07) is 15.4. The second-order valence-corrected chi connectivity index (χ2v) is 6.67. The van der Waals surface area contributed by atoms with Gasteiger partial charge in [-0.1, -0.05) is 23.7 Å². The molecule has 25 heavy (non-hydrogen) atoms. The van der Waals surface area contributed by atoms with Crippen LogP contribution in [0.15, 0.2) is 60.0 Å². The summed E-state index contributed by atoms with van der Waals surface area (Å²) in [7, 11) is 0. The van der Waals surface area contributed by atoms with Crippen LogP contribution in [-0.2, 0) is 0 Å². The summed E-state index contributed by atoms with van der Waals surface area (Å²) < 4.78 is 14.7. The van der Waals surface area contributed by atoms with Gasteiger partial charge < -0.3 is 5.73 Å². The summed E-state index contributed by atoms with van der Waals surface area (Å²) in [5.41, 5.74) is 9.34. The number of hydrogen-bond acceptors (Lipinski definition) is 4. The maximum atomic E-state index is 13.1. The van der Waals surface area contributed by atoms with Crippen LogP contribution < -0.4 is 5.73 Å². The number of thiazole rings is 1. The average molecular weight is 371 g/mol. The van der Waals surface area contributed by atoms with Gasteiger partial charge in [0, 0.05) is 27.6 Å². The predicted octanol–water partition coefficient (Wildman–Crippen LogP) is 5.04. The molecule has 0 bridgehead atoms. The Morgan fingerprint density at radius 2 is 1.60 bits per heavy atom. The maximum Gasteiger partial charge on any atom is 0.212 e. The molecule has 2 aromatic heterocycles. The molecule has 4 rings (SSSR count). The molecule has 0 aliphatic carbocycles. The van der Waals surface area contributed by atoms with Gasteiger partial charge >= 0.3 is 0 Å². The van der Waals surface area contributed by atoms with Crippen LogP contribution in [0.3, 0.4) is 0 Å². The predicted molar refractivity (Wildman–Crippen MR) is 99.5 cm³/mol. The molecule has 0 amide bonds. The number of anilines is 1. The molecule has 2 heterocycles. The summed E-state index contributed by atoms with van der Waals surface area (Å²) in [4.78, 5) is 4.60. The molecule has 0 fully saturated rings. The Morgan fingerprint density at radius 1 is 0.960 bits per heavy atom. The van der Waals surface area contributed by atoms with Crippen molar-refractivity contribution >= 4 is 28.8 Å². The number of nitrogens with zero attached hydrogens (tertiary/aromatic N) is 3. The lowest BCUT2D eigenvalue weighted by atomic mass is 10.1. The molecule has 0 saturated heterocycles. The van der Waals surface area contributed by atoms with Gasteiger partial charge in [0.1, 0.15) is 11.6 Å². The summed E-state index contributed by atoms with van der Waals surface area (Å²) in [6.07, 6.45) is 0. The lowest BCUT2D eigenvalue weighted by Gasteiger charge is -1.99. The van der Waals surface area contributed by atoms with Gasteiger partial charge in [0.05, 0.1) is 11.4 Å². The van der Waals surface area contributed by atoms with E-state index < -0.39 is 0 Å². The largest absolute Gasteiger partial charge is 0.383 e. The van der Waals surface area contributed by atoms with E-state index in [1.165, 1.54) is 23.5 Å². The van der Waals surface area contributed by atoms with Crippen LogP contribution in [0.4, 0.5) is 10.2 Å². The van der Waals surface area contributed by atoms with E-state index in [-0.39, 0.29) is 5.82 Å².